The molecule has 1 aliphatic rings. The van der Waals surface area contributed by atoms with Crippen LogP contribution in [0.4, 0.5) is 0 Å². The minimum atomic E-state index is -1.23. The number of esters is 2. The van der Waals surface area contributed by atoms with Crippen molar-refractivity contribution >= 4 is 23.5 Å². The summed E-state index contributed by atoms with van der Waals surface area (Å²) < 4.78 is 9.83. The van der Waals surface area contributed by atoms with Crippen molar-refractivity contribution in [1.82, 2.24) is 0 Å². The van der Waals surface area contributed by atoms with Gasteiger partial charge in [-0.15, -0.1) is 11.6 Å². The van der Waals surface area contributed by atoms with Gasteiger partial charge in [0.15, 0.2) is 0 Å². The van der Waals surface area contributed by atoms with Crippen LogP contribution in [0.5, 0.6) is 0 Å². The maximum Gasteiger partial charge on any atom is 0.351 e. The van der Waals surface area contributed by atoms with Crippen LogP contribution in [0.1, 0.15) is 26.2 Å². The Morgan fingerprint density at radius 3 is 2.86 bits per heavy atom. The number of carbonyl (C=O) groups is 2. The van der Waals surface area contributed by atoms with Crippen LogP contribution in [-0.2, 0) is 19.1 Å². The minimum Gasteiger partial charge on any atom is -0.463 e. The highest BCUT2D eigenvalue weighted by molar-refractivity contribution is 6.20. The molecule has 1 atom stereocenters. The summed E-state index contributed by atoms with van der Waals surface area (Å²) in [5.41, 5.74) is -1.23. The third kappa shape index (κ3) is 2.18. The molecule has 0 saturated carbocycles. The van der Waals surface area contributed by atoms with E-state index in [0.29, 0.717) is 13.0 Å². The first-order valence-electron chi connectivity index (χ1n) is 4.59. The zero-order chi connectivity index (χ0) is 10.6. The predicted octanol–water partition coefficient (Wildman–Crippen LogP) is 1.25. The van der Waals surface area contributed by atoms with Gasteiger partial charge in [-0.1, -0.05) is 6.92 Å². The van der Waals surface area contributed by atoms with E-state index in [1.54, 1.807) is 0 Å². The second-order valence-corrected chi connectivity index (χ2v) is 3.51. The first-order valence-corrected chi connectivity index (χ1v) is 5.13. The summed E-state index contributed by atoms with van der Waals surface area (Å²) in [4.78, 5) is 22.4. The summed E-state index contributed by atoms with van der Waals surface area (Å²) in [7, 11) is 0. The summed E-state index contributed by atoms with van der Waals surface area (Å²) in [6.45, 7) is 2.22. The summed E-state index contributed by atoms with van der Waals surface area (Å²) >= 11 is 5.63. The molecule has 1 heterocycles. The molecule has 0 amide bonds. The molecule has 80 valence electrons. The fourth-order valence-electron chi connectivity index (χ4n) is 1.24. The van der Waals surface area contributed by atoms with E-state index in [9.17, 15) is 9.59 Å². The first kappa shape index (κ1) is 11.3. The van der Waals surface area contributed by atoms with E-state index in [2.05, 4.69) is 0 Å². The molecule has 1 aliphatic heterocycles. The van der Waals surface area contributed by atoms with Crippen LogP contribution in [0, 0.1) is 0 Å². The Balaban J connectivity index is 2.60. The number of hydrogen-bond donors (Lipinski definition) is 0. The lowest BCUT2D eigenvalue weighted by Gasteiger charge is -2.22. The fraction of sp³-hybridized carbons (Fsp3) is 0.778. The lowest BCUT2D eigenvalue weighted by Crippen LogP contribution is -2.42. The lowest BCUT2D eigenvalue weighted by atomic mass is 10.0. The Labute approximate surface area is 87.5 Å². The van der Waals surface area contributed by atoms with Crippen LogP contribution in [0.15, 0.2) is 0 Å². The molecule has 14 heavy (non-hydrogen) atoms. The molecule has 5 heteroatoms. The molecule has 0 spiro atoms. The number of rotatable bonds is 4. The smallest absolute Gasteiger partial charge is 0.351 e. The number of halogens is 1. The monoisotopic (exact) mass is 220 g/mol. The van der Waals surface area contributed by atoms with Crippen LogP contribution < -0.4 is 0 Å². The van der Waals surface area contributed by atoms with Gasteiger partial charge in [-0.05, 0) is 6.42 Å². The second kappa shape index (κ2) is 4.64. The predicted molar refractivity (Wildman–Crippen MR) is 50.0 cm³/mol. The Kier molecular flexibility index (Phi) is 3.75. The van der Waals surface area contributed by atoms with Crippen molar-refractivity contribution in [1.29, 1.82) is 0 Å². The molecule has 0 aliphatic carbocycles. The standard InChI is InChI=1S/C9H13ClO4/c1-2-5-13-8(12)9(6-10)4-3-7(11)14-9/h2-6H2,1H3/t9-/m0/s1. The second-order valence-electron chi connectivity index (χ2n) is 3.24. The van der Waals surface area contributed by atoms with Gasteiger partial charge in [0, 0.05) is 12.8 Å². The van der Waals surface area contributed by atoms with Gasteiger partial charge >= 0.3 is 11.9 Å². The Bertz CT molecular complexity index is 241. The van der Waals surface area contributed by atoms with E-state index in [0.717, 1.165) is 6.42 Å². The van der Waals surface area contributed by atoms with Crippen LogP contribution in [0.25, 0.3) is 0 Å². The molecule has 4 nitrogen and oxygen atoms in total. The Hall–Kier alpha value is -0.770. The molecule has 0 aromatic carbocycles. The third-order valence-corrected chi connectivity index (χ3v) is 2.50. The molecule has 0 N–H and O–H groups in total. The van der Waals surface area contributed by atoms with Crippen molar-refractivity contribution in [2.24, 2.45) is 0 Å². The van der Waals surface area contributed by atoms with Gasteiger partial charge in [0.1, 0.15) is 0 Å². The highest BCUT2D eigenvalue weighted by Crippen LogP contribution is 2.29. The van der Waals surface area contributed by atoms with Crippen LogP contribution in [0.3, 0.4) is 0 Å². The average molecular weight is 221 g/mol. The topological polar surface area (TPSA) is 52.6 Å². The summed E-state index contributed by atoms with van der Waals surface area (Å²) in [6, 6.07) is 0. The molecule has 0 aromatic heterocycles. The molecule has 0 radical (unpaired) electrons. The van der Waals surface area contributed by atoms with Gasteiger partial charge in [-0.25, -0.2) is 4.79 Å². The van der Waals surface area contributed by atoms with Crippen molar-refractivity contribution in [2.75, 3.05) is 12.5 Å². The van der Waals surface area contributed by atoms with Crippen molar-refractivity contribution in [3.63, 3.8) is 0 Å². The molecule has 0 bridgehead atoms. The summed E-state index contributed by atoms with van der Waals surface area (Å²) in [6.07, 6.45) is 1.28. The number of carbonyl (C=O) groups excluding carboxylic acids is 2. The molecule has 0 unspecified atom stereocenters. The molecular weight excluding hydrogens is 208 g/mol. The van der Waals surface area contributed by atoms with E-state index in [-0.39, 0.29) is 18.3 Å². The number of hydrogen-bond acceptors (Lipinski definition) is 4. The Morgan fingerprint density at radius 1 is 1.71 bits per heavy atom. The Morgan fingerprint density at radius 2 is 2.43 bits per heavy atom. The van der Waals surface area contributed by atoms with Crippen molar-refractivity contribution in [2.45, 2.75) is 31.8 Å². The highest BCUT2D eigenvalue weighted by Gasteiger charge is 2.48. The molecule has 0 aromatic rings. The molecule has 1 rings (SSSR count). The molecule has 1 saturated heterocycles. The van der Waals surface area contributed by atoms with Gasteiger partial charge in [0.05, 0.1) is 12.5 Å². The van der Waals surface area contributed by atoms with E-state index >= 15 is 0 Å². The van der Waals surface area contributed by atoms with Crippen molar-refractivity contribution in [3.05, 3.63) is 0 Å². The van der Waals surface area contributed by atoms with Crippen LogP contribution in [-0.4, -0.2) is 30.0 Å². The number of ether oxygens (including phenoxy) is 2. The lowest BCUT2D eigenvalue weighted by molar-refractivity contribution is -0.171. The minimum absolute atomic E-state index is 0.0404. The zero-order valence-electron chi connectivity index (χ0n) is 8.05. The quantitative estimate of drug-likeness (QED) is 0.529. The largest absolute Gasteiger partial charge is 0.463 e. The SMILES string of the molecule is CCCOC(=O)[C@@]1(CCl)CCC(=O)O1. The zero-order valence-corrected chi connectivity index (χ0v) is 8.80. The summed E-state index contributed by atoms with van der Waals surface area (Å²) in [5.74, 6) is -0.958. The number of cyclic esters (lactones) is 1. The molecule has 1 fully saturated rings. The van der Waals surface area contributed by atoms with Gasteiger partial charge in [-0.2, -0.15) is 0 Å². The fourth-order valence-corrected chi connectivity index (χ4v) is 1.54. The summed E-state index contributed by atoms with van der Waals surface area (Å²) in [5, 5.41) is 0. The maximum absolute atomic E-state index is 11.5. The average Bonchev–Trinajstić information content (AvgIpc) is 2.58. The normalized spacial score (nSPS) is 26.0. The van der Waals surface area contributed by atoms with Crippen molar-refractivity contribution < 1.29 is 19.1 Å². The molecular formula is C9H13ClO4. The van der Waals surface area contributed by atoms with Gasteiger partial charge in [0.25, 0.3) is 0 Å². The van der Waals surface area contributed by atoms with E-state index in [1.807, 2.05) is 6.92 Å². The van der Waals surface area contributed by atoms with Gasteiger partial charge in [-0.3, -0.25) is 4.79 Å². The van der Waals surface area contributed by atoms with Gasteiger partial charge in [0.2, 0.25) is 5.60 Å². The maximum atomic E-state index is 11.5. The highest BCUT2D eigenvalue weighted by atomic mass is 35.5. The van der Waals surface area contributed by atoms with Crippen LogP contribution >= 0.6 is 11.6 Å². The van der Waals surface area contributed by atoms with E-state index < -0.39 is 11.6 Å². The van der Waals surface area contributed by atoms with E-state index in [4.69, 9.17) is 21.1 Å². The van der Waals surface area contributed by atoms with Gasteiger partial charge < -0.3 is 9.47 Å². The van der Waals surface area contributed by atoms with Crippen molar-refractivity contribution in [3.8, 4) is 0 Å². The third-order valence-electron chi connectivity index (χ3n) is 2.07. The first-order chi connectivity index (χ1) is 6.64. The van der Waals surface area contributed by atoms with E-state index in [1.165, 1.54) is 0 Å². The van der Waals surface area contributed by atoms with Crippen LogP contribution in [0.2, 0.25) is 0 Å². The number of alkyl halides is 1.